The third kappa shape index (κ3) is 3.91. The van der Waals surface area contributed by atoms with Gasteiger partial charge in [0.2, 0.25) is 5.88 Å². The minimum Gasteiger partial charge on any atom is -0.593 e. The highest BCUT2D eigenvalue weighted by atomic mass is 79.9. The molecule has 6 rings (SSSR count). The molecule has 0 radical (unpaired) electrons. The molecule has 0 unspecified atom stereocenters. The zero-order valence-corrected chi connectivity index (χ0v) is 20.3. The summed E-state index contributed by atoms with van der Waals surface area (Å²) in [5.74, 6) is 2.03. The van der Waals surface area contributed by atoms with E-state index in [1.54, 1.807) is 12.3 Å². The van der Waals surface area contributed by atoms with Crippen LogP contribution in [0.2, 0.25) is 0 Å². The van der Waals surface area contributed by atoms with Crippen molar-refractivity contribution in [3.63, 3.8) is 0 Å². The molecule has 0 saturated heterocycles. The van der Waals surface area contributed by atoms with Gasteiger partial charge in [-0.1, -0.05) is 25.1 Å². The molecule has 35 heavy (non-hydrogen) atoms. The summed E-state index contributed by atoms with van der Waals surface area (Å²) in [6.45, 7) is 2.06. The number of ether oxygens (including phenoxy) is 2. The van der Waals surface area contributed by atoms with Gasteiger partial charge in [-0.25, -0.2) is 0 Å². The van der Waals surface area contributed by atoms with Crippen LogP contribution in [-0.2, 0) is 6.42 Å². The van der Waals surface area contributed by atoms with Crippen molar-refractivity contribution in [1.82, 2.24) is 19.9 Å². The van der Waals surface area contributed by atoms with E-state index in [0.29, 0.717) is 28.8 Å². The zero-order valence-electron chi connectivity index (χ0n) is 18.7. The number of aromatic amines is 1. The summed E-state index contributed by atoms with van der Waals surface area (Å²) in [6.07, 6.45) is 2.53. The number of H-pyrrole nitrogens is 1. The topological polar surface area (TPSA) is 95.8 Å². The first-order valence-electron chi connectivity index (χ1n) is 11.1. The van der Waals surface area contributed by atoms with Gasteiger partial charge in [0.25, 0.3) is 5.75 Å². The molecule has 3 N–H and O–H groups in total. The molecule has 0 amide bonds. The number of pyridine rings is 1. The summed E-state index contributed by atoms with van der Waals surface area (Å²) in [5, 5.41) is 11.6. The minimum absolute atomic E-state index is 0.161. The van der Waals surface area contributed by atoms with Crippen LogP contribution in [0, 0.1) is 0 Å². The molecule has 7 nitrogen and oxygen atoms in total. The number of aryl methyl sites for hydroxylation is 1. The Labute approximate surface area is 208 Å². The first-order chi connectivity index (χ1) is 17.1. The Morgan fingerprint density at radius 3 is 2.63 bits per heavy atom. The van der Waals surface area contributed by atoms with E-state index in [0.717, 1.165) is 43.6 Å². The van der Waals surface area contributed by atoms with Crippen LogP contribution in [0.3, 0.4) is 0 Å². The molecule has 0 atom stereocenters. The number of benzene rings is 3. The van der Waals surface area contributed by atoms with Crippen LogP contribution in [0.25, 0.3) is 32.7 Å². The third-order valence-electron chi connectivity index (χ3n) is 5.82. The van der Waals surface area contributed by atoms with Gasteiger partial charge >= 0.3 is 6.01 Å². The molecule has 0 spiro atoms. The Kier molecular flexibility index (Phi) is 5.22. The molecule has 3 aromatic carbocycles. The van der Waals surface area contributed by atoms with Crippen molar-refractivity contribution in [3.05, 3.63) is 83.1 Å². The van der Waals surface area contributed by atoms with E-state index in [-0.39, 0.29) is 6.01 Å². The molecule has 172 valence electrons. The summed E-state index contributed by atoms with van der Waals surface area (Å²) in [7, 11) is 0. The molecular formula is C27H20BrN4O3+. The molecule has 0 bridgehead atoms. The van der Waals surface area contributed by atoms with Gasteiger partial charge in [-0.3, -0.25) is 4.98 Å². The lowest BCUT2D eigenvalue weighted by Crippen LogP contribution is -1.97. The van der Waals surface area contributed by atoms with Gasteiger partial charge in [0, 0.05) is 29.4 Å². The maximum atomic E-state index is 8.11. The lowest BCUT2D eigenvalue weighted by Gasteiger charge is -2.10. The van der Waals surface area contributed by atoms with Crippen molar-refractivity contribution in [2.45, 2.75) is 13.3 Å². The van der Waals surface area contributed by atoms with Gasteiger partial charge in [-0.15, -0.1) is 0 Å². The van der Waals surface area contributed by atoms with E-state index < -0.39 is 0 Å². The Balaban J connectivity index is 1.43. The van der Waals surface area contributed by atoms with Crippen LogP contribution < -0.4 is 9.47 Å². The molecule has 0 fully saturated rings. The number of hydrogen-bond donors (Lipinski definition) is 1. The molecule has 3 aromatic heterocycles. The predicted octanol–water partition coefficient (Wildman–Crippen LogP) is 7.01. The number of halogens is 1. The fourth-order valence-corrected chi connectivity index (χ4v) is 4.81. The molecule has 0 aliphatic carbocycles. The first-order valence-corrected chi connectivity index (χ1v) is 11.9. The highest BCUT2D eigenvalue weighted by Crippen LogP contribution is 2.38. The normalized spacial score (nSPS) is 11.4. The summed E-state index contributed by atoms with van der Waals surface area (Å²) < 4.78 is 13.2. The Morgan fingerprint density at radius 2 is 1.74 bits per heavy atom. The second kappa shape index (κ2) is 8.56. The number of nitrogens with zero attached hydrogens (tertiary/aromatic N) is 3. The molecule has 8 heteroatoms. The van der Waals surface area contributed by atoms with Crippen LogP contribution in [0.1, 0.15) is 12.6 Å². The quantitative estimate of drug-likeness (QED) is 0.243. The van der Waals surface area contributed by atoms with Crippen molar-refractivity contribution >= 4 is 48.6 Å². The van der Waals surface area contributed by atoms with Crippen molar-refractivity contribution < 1.29 is 14.6 Å². The van der Waals surface area contributed by atoms with Gasteiger partial charge in [-0.2, -0.15) is 9.97 Å². The number of hydrogen-bond acceptors (Lipinski definition) is 5. The molecule has 6 aromatic rings. The van der Waals surface area contributed by atoms with Crippen molar-refractivity contribution in [3.8, 4) is 29.1 Å². The lowest BCUT2D eigenvalue weighted by molar-refractivity contribution is 0.417. The smallest absolute Gasteiger partial charge is 0.327 e. The maximum absolute atomic E-state index is 8.11. The van der Waals surface area contributed by atoms with Gasteiger partial charge in [0.1, 0.15) is 17.1 Å². The van der Waals surface area contributed by atoms with Crippen LogP contribution in [0.5, 0.6) is 29.1 Å². The monoisotopic (exact) mass is 527 g/mol. The van der Waals surface area contributed by atoms with E-state index in [1.807, 2.05) is 60.7 Å². The number of fused-ring (bicyclic) bond motifs is 3. The number of rotatable bonds is 5. The van der Waals surface area contributed by atoms with Gasteiger partial charge < -0.3 is 19.6 Å². The Hall–Kier alpha value is -4.17. The molecule has 0 saturated carbocycles. The summed E-state index contributed by atoms with van der Waals surface area (Å²) in [6, 6.07) is 20.9. The van der Waals surface area contributed by atoms with E-state index >= 15 is 0 Å². The zero-order chi connectivity index (χ0) is 23.9. The largest absolute Gasteiger partial charge is 0.593 e. The predicted molar refractivity (Wildman–Crippen MR) is 140 cm³/mol. The number of aromatic nitrogens is 4. The number of nitrogens with one attached hydrogen (secondary N) is 1. The van der Waals surface area contributed by atoms with Crippen molar-refractivity contribution in [2.75, 3.05) is 0 Å². The van der Waals surface area contributed by atoms with Crippen LogP contribution >= 0.6 is 15.9 Å². The lowest BCUT2D eigenvalue weighted by atomic mass is 10.1. The fourth-order valence-electron chi connectivity index (χ4n) is 4.07. The highest BCUT2D eigenvalue weighted by Gasteiger charge is 2.19. The first kappa shape index (κ1) is 21.4. The van der Waals surface area contributed by atoms with Gasteiger partial charge in [-0.05, 0) is 64.1 Å². The van der Waals surface area contributed by atoms with E-state index in [1.165, 1.54) is 0 Å². The molecule has 0 aliphatic rings. The van der Waals surface area contributed by atoms with Crippen LogP contribution in [0.4, 0.5) is 0 Å². The average Bonchev–Trinajstić information content (AvgIpc) is 3.19. The summed E-state index contributed by atoms with van der Waals surface area (Å²) >= 11 is 3.68. The summed E-state index contributed by atoms with van der Waals surface area (Å²) in [5.41, 5.74) is 2.42. The minimum atomic E-state index is 0.161. The molecular weight excluding hydrogens is 508 g/mol. The Bertz CT molecular complexity index is 1730. The van der Waals surface area contributed by atoms with Gasteiger partial charge in [0.05, 0.1) is 20.8 Å². The highest BCUT2D eigenvalue weighted by molar-refractivity contribution is 9.10. The Morgan fingerprint density at radius 1 is 0.914 bits per heavy atom. The average molecular weight is 528 g/mol. The molecule has 3 heterocycles. The van der Waals surface area contributed by atoms with Gasteiger partial charge in [0.15, 0.2) is 0 Å². The third-order valence-corrected chi connectivity index (χ3v) is 6.69. The van der Waals surface area contributed by atoms with Crippen molar-refractivity contribution in [1.29, 1.82) is 0 Å². The van der Waals surface area contributed by atoms with Crippen LogP contribution in [0.15, 0.2) is 77.4 Å². The van der Waals surface area contributed by atoms with E-state index in [4.69, 9.17) is 14.6 Å². The van der Waals surface area contributed by atoms with Crippen molar-refractivity contribution in [2.24, 2.45) is 0 Å². The van der Waals surface area contributed by atoms with Crippen LogP contribution in [-0.4, -0.2) is 25.0 Å². The standard InChI is InChI=1S/C27H19BrN4O3/c1-2-20-24(28)23-25(30-20)31-27(35-18-9-8-15-6-4-12-29-21(15)14-18)32-26(23)34-17-10-11-19-16(13-17)5-3-7-22(19)33/h3-14,33H,2H2,1H3,(H,30,31,32)/p+1. The maximum Gasteiger partial charge on any atom is 0.327 e. The summed E-state index contributed by atoms with van der Waals surface area (Å²) in [4.78, 5) is 16.9. The van der Waals surface area contributed by atoms with E-state index in [2.05, 4.69) is 42.8 Å². The molecule has 0 aliphatic heterocycles. The fraction of sp³-hybridized carbons (Fsp3) is 0.0741. The second-order valence-electron chi connectivity index (χ2n) is 8.06. The van der Waals surface area contributed by atoms with E-state index in [9.17, 15) is 0 Å². The second-order valence-corrected chi connectivity index (χ2v) is 8.85. The SMILES string of the molecule is CCc1[nH]c2nc(Oc3ccc4cccnc4c3)nc(Oc3ccc4c([OH2+])cccc4c3)c2c1Br.